The van der Waals surface area contributed by atoms with Gasteiger partial charge in [0.25, 0.3) is 11.8 Å². The van der Waals surface area contributed by atoms with Gasteiger partial charge in [0.05, 0.1) is 12.6 Å². The Morgan fingerprint density at radius 3 is 2.39 bits per heavy atom. The minimum Gasteiger partial charge on any atom is -0.345 e. The Morgan fingerprint density at radius 2 is 1.80 bits per heavy atom. The molecule has 1 atom stereocenters. The standard InChI is InChI=1S/C30H35Cl2N7O2/c1-4-5-25(20-6-8-21(9-7-20)28(40)33-17-26-35-37-38-36-26)39-29(41)27(22-14-23(31)16-24(32)15-22)34-30(39)12-10-19(11-13-30)18(2)3/h6-9,14-16,18-19,25H,4-5,10-13,17H2,1-3H3,(H,33,40)(H,35,36,37,38). The Kier molecular flexibility index (Phi) is 8.75. The summed E-state index contributed by atoms with van der Waals surface area (Å²) in [6.45, 7) is 6.82. The Balaban J connectivity index is 1.46. The van der Waals surface area contributed by atoms with Crippen molar-refractivity contribution in [1.29, 1.82) is 0 Å². The second-order valence-electron chi connectivity index (χ2n) is 11.3. The molecule has 9 nitrogen and oxygen atoms in total. The Bertz CT molecular complexity index is 1390. The smallest absolute Gasteiger partial charge is 0.275 e. The zero-order valence-electron chi connectivity index (χ0n) is 23.5. The second kappa shape index (κ2) is 12.3. The number of aliphatic imine (C=N–C) groups is 1. The number of nitrogens with zero attached hydrogens (tertiary/aromatic N) is 5. The van der Waals surface area contributed by atoms with Crippen molar-refractivity contribution in [3.05, 3.63) is 75.0 Å². The van der Waals surface area contributed by atoms with E-state index in [0.29, 0.717) is 44.5 Å². The predicted octanol–water partition coefficient (Wildman–Crippen LogP) is 6.15. The van der Waals surface area contributed by atoms with E-state index >= 15 is 0 Å². The van der Waals surface area contributed by atoms with Crippen LogP contribution in [0.15, 0.2) is 47.5 Å². The summed E-state index contributed by atoms with van der Waals surface area (Å²) in [6, 6.07) is 12.5. The maximum absolute atomic E-state index is 14.3. The lowest BCUT2D eigenvalue weighted by Crippen LogP contribution is -2.51. The van der Waals surface area contributed by atoms with Crippen LogP contribution in [-0.4, -0.2) is 48.7 Å². The van der Waals surface area contributed by atoms with Gasteiger partial charge in [-0.05, 0) is 79.8 Å². The lowest BCUT2D eigenvalue weighted by Gasteiger charge is -2.46. The second-order valence-corrected chi connectivity index (χ2v) is 12.2. The van der Waals surface area contributed by atoms with E-state index in [-0.39, 0.29) is 24.4 Å². The lowest BCUT2D eigenvalue weighted by atomic mass is 9.76. The van der Waals surface area contributed by atoms with E-state index < -0.39 is 5.66 Å². The zero-order chi connectivity index (χ0) is 29.1. The summed E-state index contributed by atoms with van der Waals surface area (Å²) in [6.07, 6.45) is 5.26. The summed E-state index contributed by atoms with van der Waals surface area (Å²) in [7, 11) is 0. The predicted molar refractivity (Wildman–Crippen MR) is 159 cm³/mol. The lowest BCUT2D eigenvalue weighted by molar-refractivity contribution is -0.133. The summed E-state index contributed by atoms with van der Waals surface area (Å²) in [5.41, 5.74) is 1.91. The van der Waals surface area contributed by atoms with Crippen LogP contribution in [0.1, 0.15) is 92.6 Å². The van der Waals surface area contributed by atoms with Gasteiger partial charge in [-0.1, -0.05) is 67.7 Å². The van der Waals surface area contributed by atoms with Crippen LogP contribution in [0.2, 0.25) is 10.0 Å². The van der Waals surface area contributed by atoms with E-state index in [4.69, 9.17) is 28.2 Å². The monoisotopic (exact) mass is 595 g/mol. The van der Waals surface area contributed by atoms with Gasteiger partial charge in [-0.25, -0.2) is 0 Å². The van der Waals surface area contributed by atoms with Crippen LogP contribution in [0.4, 0.5) is 0 Å². The first kappa shape index (κ1) is 29.2. The molecule has 11 heteroatoms. The zero-order valence-corrected chi connectivity index (χ0v) is 25.0. The number of carbonyl (C=O) groups is 2. The summed E-state index contributed by atoms with van der Waals surface area (Å²) in [5, 5.41) is 17.3. The van der Waals surface area contributed by atoms with Gasteiger partial charge in [-0.2, -0.15) is 5.21 Å². The topological polar surface area (TPSA) is 116 Å². The van der Waals surface area contributed by atoms with Crippen LogP contribution in [0, 0.1) is 11.8 Å². The van der Waals surface area contributed by atoms with Crippen molar-refractivity contribution in [2.45, 2.75) is 77.5 Å². The number of tetrazole rings is 1. The average Bonchev–Trinajstić information content (AvgIpc) is 3.57. The van der Waals surface area contributed by atoms with Gasteiger partial charge in [-0.3, -0.25) is 14.6 Å². The van der Waals surface area contributed by atoms with E-state index in [1.165, 1.54) is 0 Å². The third kappa shape index (κ3) is 6.16. The fourth-order valence-corrected chi connectivity index (χ4v) is 6.66. The van der Waals surface area contributed by atoms with Crippen molar-refractivity contribution in [1.82, 2.24) is 30.8 Å². The normalized spacial score (nSPS) is 21.4. The minimum absolute atomic E-state index is 0.105. The van der Waals surface area contributed by atoms with Gasteiger partial charge in [0.1, 0.15) is 11.4 Å². The Morgan fingerprint density at radius 1 is 1.12 bits per heavy atom. The SMILES string of the molecule is CCCC(c1ccc(C(=O)NCc2nn[nH]n2)cc1)N1C(=O)C(c2cc(Cl)cc(Cl)c2)=NC12CCC(C(C)C)CC2. The number of nitrogens with one attached hydrogen (secondary N) is 2. The van der Waals surface area contributed by atoms with Crippen LogP contribution in [0.5, 0.6) is 0 Å². The molecule has 2 aromatic carbocycles. The van der Waals surface area contributed by atoms with E-state index in [9.17, 15) is 9.59 Å². The summed E-state index contributed by atoms with van der Waals surface area (Å²) in [4.78, 5) is 34.3. The third-order valence-corrected chi connectivity index (χ3v) is 8.76. The molecular weight excluding hydrogens is 561 g/mol. The van der Waals surface area contributed by atoms with Crippen molar-refractivity contribution in [3.8, 4) is 0 Å². The van der Waals surface area contributed by atoms with Crippen molar-refractivity contribution in [2.24, 2.45) is 16.8 Å². The fourth-order valence-electron chi connectivity index (χ4n) is 6.14. The molecule has 2 amide bonds. The van der Waals surface area contributed by atoms with Crippen LogP contribution in [0.3, 0.4) is 0 Å². The van der Waals surface area contributed by atoms with E-state index in [0.717, 1.165) is 44.1 Å². The molecule has 1 aliphatic heterocycles. The number of benzene rings is 2. The number of aromatic amines is 1. The first-order chi connectivity index (χ1) is 19.7. The van der Waals surface area contributed by atoms with Gasteiger partial charge in [0, 0.05) is 21.2 Å². The molecule has 0 bridgehead atoms. The molecule has 1 unspecified atom stereocenters. The van der Waals surface area contributed by atoms with Crippen LogP contribution < -0.4 is 5.32 Å². The van der Waals surface area contributed by atoms with Crippen molar-refractivity contribution < 1.29 is 9.59 Å². The van der Waals surface area contributed by atoms with E-state index in [1.807, 2.05) is 17.0 Å². The summed E-state index contributed by atoms with van der Waals surface area (Å²) >= 11 is 12.7. The number of hydrogen-bond acceptors (Lipinski definition) is 6. The number of halogens is 2. The van der Waals surface area contributed by atoms with Gasteiger partial charge in [0.15, 0.2) is 5.82 Å². The molecule has 0 radical (unpaired) electrons. The average molecular weight is 597 g/mol. The molecule has 2 aliphatic rings. The molecule has 3 aromatic rings. The van der Waals surface area contributed by atoms with Crippen molar-refractivity contribution in [3.63, 3.8) is 0 Å². The summed E-state index contributed by atoms with van der Waals surface area (Å²) in [5.74, 6) is 1.25. The van der Waals surface area contributed by atoms with Crippen LogP contribution in [0.25, 0.3) is 0 Å². The fraction of sp³-hybridized carbons (Fsp3) is 0.467. The number of H-pyrrole nitrogens is 1. The summed E-state index contributed by atoms with van der Waals surface area (Å²) < 4.78 is 0. The maximum Gasteiger partial charge on any atom is 0.275 e. The molecule has 0 saturated heterocycles. The van der Waals surface area contributed by atoms with Gasteiger partial charge in [-0.15, -0.1) is 10.2 Å². The molecule has 2 heterocycles. The molecule has 1 aliphatic carbocycles. The van der Waals surface area contributed by atoms with Gasteiger partial charge >= 0.3 is 0 Å². The number of carbonyl (C=O) groups excluding carboxylic acids is 2. The molecule has 1 aromatic heterocycles. The minimum atomic E-state index is -0.632. The quantitative estimate of drug-likeness (QED) is 0.307. The van der Waals surface area contributed by atoms with Crippen LogP contribution >= 0.6 is 23.2 Å². The molecule has 1 fully saturated rings. The van der Waals surface area contributed by atoms with E-state index in [1.54, 1.807) is 30.3 Å². The third-order valence-electron chi connectivity index (χ3n) is 8.33. The molecule has 2 N–H and O–H groups in total. The molecule has 216 valence electrons. The number of aromatic nitrogens is 4. The number of rotatable bonds is 9. The Labute approximate surface area is 250 Å². The highest BCUT2D eigenvalue weighted by Gasteiger charge is 2.52. The highest BCUT2D eigenvalue weighted by molar-refractivity contribution is 6.47. The Hall–Kier alpha value is -3.30. The molecule has 5 rings (SSSR count). The first-order valence-electron chi connectivity index (χ1n) is 14.2. The van der Waals surface area contributed by atoms with Gasteiger partial charge < -0.3 is 10.2 Å². The first-order valence-corrected chi connectivity index (χ1v) is 15.0. The number of hydrogen-bond donors (Lipinski definition) is 2. The highest BCUT2D eigenvalue weighted by Crippen LogP contribution is 2.48. The maximum atomic E-state index is 14.3. The van der Waals surface area contributed by atoms with Crippen LogP contribution in [-0.2, 0) is 11.3 Å². The molecular formula is C30H35Cl2N7O2. The highest BCUT2D eigenvalue weighted by atomic mass is 35.5. The van der Waals surface area contributed by atoms with Crippen molar-refractivity contribution >= 4 is 40.7 Å². The largest absolute Gasteiger partial charge is 0.345 e. The molecule has 1 spiro atoms. The molecule has 1 saturated carbocycles. The van der Waals surface area contributed by atoms with Crippen molar-refractivity contribution in [2.75, 3.05) is 0 Å². The number of amides is 2. The van der Waals surface area contributed by atoms with Gasteiger partial charge in [0.2, 0.25) is 0 Å². The van der Waals surface area contributed by atoms with E-state index in [2.05, 4.69) is 46.7 Å². The molecule has 41 heavy (non-hydrogen) atoms.